The third kappa shape index (κ3) is 3.69. The zero-order valence-corrected chi connectivity index (χ0v) is 19.7. The number of pyridine rings is 1. The van der Waals surface area contributed by atoms with Gasteiger partial charge in [-0.1, -0.05) is 30.3 Å². The van der Waals surface area contributed by atoms with Crippen molar-refractivity contribution >= 4 is 44.2 Å². The standard InChI is InChI=1S/C25H22N6O2S/c1-15(29-22-21-23(27-13-26-22)34-14-28-21)19-12-16-8-7-11-18(24(32)30(2)3)20(16)25(33)31(19)17-9-5-4-6-10-17/h4-15H,1-3H3,(H,26,27,29)/t15-/m0/s1. The van der Waals surface area contributed by atoms with Gasteiger partial charge in [-0.15, -0.1) is 11.3 Å². The van der Waals surface area contributed by atoms with Gasteiger partial charge < -0.3 is 10.2 Å². The minimum absolute atomic E-state index is 0.215. The van der Waals surface area contributed by atoms with Crippen LogP contribution in [0.5, 0.6) is 0 Å². The van der Waals surface area contributed by atoms with Gasteiger partial charge in [0.15, 0.2) is 5.82 Å². The average molecular weight is 471 g/mol. The predicted molar refractivity (Wildman–Crippen MR) is 135 cm³/mol. The number of nitrogens with zero attached hydrogens (tertiary/aromatic N) is 5. The van der Waals surface area contributed by atoms with E-state index in [4.69, 9.17) is 0 Å². The first-order valence-electron chi connectivity index (χ1n) is 10.7. The summed E-state index contributed by atoms with van der Waals surface area (Å²) in [6.45, 7) is 1.97. The molecule has 5 rings (SSSR count). The van der Waals surface area contributed by atoms with E-state index in [0.29, 0.717) is 33.4 Å². The number of rotatable bonds is 5. The second-order valence-corrected chi connectivity index (χ2v) is 8.94. The minimum atomic E-state index is -0.301. The molecular weight excluding hydrogens is 448 g/mol. The van der Waals surface area contributed by atoms with Crippen LogP contribution in [-0.2, 0) is 0 Å². The lowest BCUT2D eigenvalue weighted by atomic mass is 10.0. The molecule has 0 spiro atoms. The number of carbonyl (C=O) groups excluding carboxylic acids is 1. The van der Waals surface area contributed by atoms with E-state index in [1.54, 1.807) is 36.3 Å². The number of amides is 1. The normalized spacial score (nSPS) is 12.1. The molecule has 0 aliphatic rings. The molecule has 1 atom stereocenters. The highest BCUT2D eigenvalue weighted by Crippen LogP contribution is 2.28. The summed E-state index contributed by atoms with van der Waals surface area (Å²) < 4.78 is 1.66. The second kappa shape index (κ2) is 8.68. The van der Waals surface area contributed by atoms with E-state index in [1.165, 1.54) is 22.6 Å². The molecule has 8 nitrogen and oxygen atoms in total. The van der Waals surface area contributed by atoms with Crippen molar-refractivity contribution in [3.8, 4) is 5.69 Å². The fraction of sp³-hybridized carbons (Fsp3) is 0.160. The number of anilines is 1. The number of hydrogen-bond acceptors (Lipinski definition) is 7. The summed E-state index contributed by atoms with van der Waals surface area (Å²) in [7, 11) is 3.36. The third-order valence-corrected chi connectivity index (χ3v) is 6.39. The fourth-order valence-electron chi connectivity index (χ4n) is 4.04. The van der Waals surface area contributed by atoms with E-state index in [1.807, 2.05) is 49.4 Å². The molecule has 3 aromatic heterocycles. The van der Waals surface area contributed by atoms with Gasteiger partial charge in [0.05, 0.1) is 22.5 Å². The lowest BCUT2D eigenvalue weighted by molar-refractivity contribution is 0.0829. The van der Waals surface area contributed by atoms with Gasteiger partial charge in [-0.3, -0.25) is 14.2 Å². The van der Waals surface area contributed by atoms with Crippen molar-refractivity contribution in [2.45, 2.75) is 13.0 Å². The molecule has 0 fully saturated rings. The highest BCUT2D eigenvalue weighted by Gasteiger charge is 2.21. The topological polar surface area (TPSA) is 93.0 Å². The highest BCUT2D eigenvalue weighted by molar-refractivity contribution is 7.16. The van der Waals surface area contributed by atoms with E-state index < -0.39 is 0 Å². The van der Waals surface area contributed by atoms with Crippen molar-refractivity contribution < 1.29 is 4.79 Å². The van der Waals surface area contributed by atoms with E-state index >= 15 is 0 Å². The van der Waals surface area contributed by atoms with Crippen LogP contribution in [0.4, 0.5) is 5.82 Å². The summed E-state index contributed by atoms with van der Waals surface area (Å²) in [6.07, 6.45) is 1.50. The zero-order valence-electron chi connectivity index (χ0n) is 18.9. The van der Waals surface area contributed by atoms with Crippen LogP contribution >= 0.6 is 11.3 Å². The molecule has 0 saturated heterocycles. The lowest BCUT2D eigenvalue weighted by Crippen LogP contribution is -2.29. The number of benzene rings is 2. The molecule has 3 heterocycles. The molecule has 0 aliphatic carbocycles. The molecule has 9 heteroatoms. The maximum atomic E-state index is 14.0. The zero-order chi connectivity index (χ0) is 23.8. The van der Waals surface area contributed by atoms with E-state index in [9.17, 15) is 9.59 Å². The Labute approximate surface area is 199 Å². The van der Waals surface area contributed by atoms with E-state index in [2.05, 4.69) is 20.3 Å². The van der Waals surface area contributed by atoms with Crippen LogP contribution in [0, 0.1) is 0 Å². The van der Waals surface area contributed by atoms with Crippen molar-refractivity contribution in [3.05, 3.63) is 88.0 Å². The Morgan fingerprint density at radius 1 is 1.06 bits per heavy atom. The maximum absolute atomic E-state index is 14.0. The van der Waals surface area contributed by atoms with Crippen molar-refractivity contribution in [2.24, 2.45) is 0 Å². The fourth-order valence-corrected chi connectivity index (χ4v) is 4.67. The van der Waals surface area contributed by atoms with Crippen LogP contribution in [0.1, 0.15) is 29.0 Å². The van der Waals surface area contributed by atoms with Crippen LogP contribution < -0.4 is 10.9 Å². The molecule has 170 valence electrons. The molecule has 0 aliphatic heterocycles. The Bertz CT molecular complexity index is 1580. The molecule has 0 unspecified atom stereocenters. The summed E-state index contributed by atoms with van der Waals surface area (Å²) in [4.78, 5) is 42.1. The van der Waals surface area contributed by atoms with Crippen molar-refractivity contribution in [1.29, 1.82) is 0 Å². The highest BCUT2D eigenvalue weighted by atomic mass is 32.1. The molecule has 5 aromatic rings. The summed E-state index contributed by atoms with van der Waals surface area (Å²) in [5.41, 5.74) is 4.00. The minimum Gasteiger partial charge on any atom is -0.360 e. The first kappa shape index (κ1) is 21.7. The Hall–Kier alpha value is -4.11. The Morgan fingerprint density at radius 2 is 1.85 bits per heavy atom. The molecule has 0 radical (unpaired) electrons. The summed E-state index contributed by atoms with van der Waals surface area (Å²) in [5, 5.41) is 4.50. The summed E-state index contributed by atoms with van der Waals surface area (Å²) in [6, 6.07) is 16.4. The van der Waals surface area contributed by atoms with Crippen molar-refractivity contribution in [3.63, 3.8) is 0 Å². The number of hydrogen-bond donors (Lipinski definition) is 1. The maximum Gasteiger partial charge on any atom is 0.264 e. The van der Waals surface area contributed by atoms with Gasteiger partial charge in [-0.2, -0.15) is 0 Å². The Morgan fingerprint density at radius 3 is 2.62 bits per heavy atom. The van der Waals surface area contributed by atoms with Crippen LogP contribution in [0.3, 0.4) is 0 Å². The number of fused-ring (bicyclic) bond motifs is 2. The number of nitrogens with one attached hydrogen (secondary N) is 1. The van der Waals surface area contributed by atoms with Gasteiger partial charge in [0.1, 0.15) is 16.7 Å². The van der Waals surface area contributed by atoms with Crippen LogP contribution in [0.15, 0.2) is 71.2 Å². The third-order valence-electron chi connectivity index (χ3n) is 5.66. The van der Waals surface area contributed by atoms with Gasteiger partial charge in [-0.25, -0.2) is 15.0 Å². The molecule has 2 aromatic carbocycles. The second-order valence-electron chi connectivity index (χ2n) is 8.11. The molecule has 1 N–H and O–H groups in total. The first-order chi connectivity index (χ1) is 16.5. The van der Waals surface area contributed by atoms with Crippen LogP contribution in [-0.4, -0.2) is 44.4 Å². The van der Waals surface area contributed by atoms with Gasteiger partial charge in [0.25, 0.3) is 11.5 Å². The van der Waals surface area contributed by atoms with Crippen molar-refractivity contribution in [1.82, 2.24) is 24.4 Å². The average Bonchev–Trinajstić information content (AvgIpc) is 3.33. The molecule has 34 heavy (non-hydrogen) atoms. The number of carbonyl (C=O) groups is 1. The molecule has 1 amide bonds. The molecular formula is C25H22N6O2S. The van der Waals surface area contributed by atoms with Crippen LogP contribution in [0.25, 0.3) is 26.8 Å². The lowest BCUT2D eigenvalue weighted by Gasteiger charge is -2.22. The quantitative estimate of drug-likeness (QED) is 0.412. The van der Waals surface area contributed by atoms with E-state index in [0.717, 1.165) is 10.5 Å². The van der Waals surface area contributed by atoms with E-state index in [-0.39, 0.29) is 17.5 Å². The number of thiazole rings is 1. The summed E-state index contributed by atoms with van der Waals surface area (Å²) in [5.74, 6) is 0.385. The molecule has 0 bridgehead atoms. The van der Waals surface area contributed by atoms with Crippen LogP contribution in [0.2, 0.25) is 0 Å². The van der Waals surface area contributed by atoms with Gasteiger partial charge in [0, 0.05) is 25.5 Å². The van der Waals surface area contributed by atoms with Crippen molar-refractivity contribution in [2.75, 3.05) is 19.4 Å². The Balaban J connectivity index is 1.73. The Kier molecular flexibility index (Phi) is 5.54. The predicted octanol–water partition coefficient (Wildman–Crippen LogP) is 4.27. The largest absolute Gasteiger partial charge is 0.360 e. The first-order valence-corrected chi connectivity index (χ1v) is 11.6. The number of para-hydroxylation sites is 1. The molecule has 0 saturated carbocycles. The van der Waals surface area contributed by atoms with Gasteiger partial charge >= 0.3 is 0 Å². The smallest absolute Gasteiger partial charge is 0.264 e. The van der Waals surface area contributed by atoms with Gasteiger partial charge in [0.2, 0.25) is 0 Å². The SMILES string of the molecule is C[C@H](Nc1ncnc2scnc12)c1cc2cccc(C(=O)N(C)C)c2c(=O)n1-c1ccccc1. The number of aromatic nitrogens is 4. The summed E-state index contributed by atoms with van der Waals surface area (Å²) >= 11 is 1.44. The van der Waals surface area contributed by atoms with Gasteiger partial charge in [-0.05, 0) is 36.6 Å². The monoisotopic (exact) mass is 470 g/mol.